The van der Waals surface area contributed by atoms with Crippen LogP contribution in [-0.2, 0) is 24.7 Å². The summed E-state index contributed by atoms with van der Waals surface area (Å²) < 4.78 is 1.88. The summed E-state index contributed by atoms with van der Waals surface area (Å²) in [6.07, 6.45) is 4.50. The summed E-state index contributed by atoms with van der Waals surface area (Å²) in [6.45, 7) is 0. The summed E-state index contributed by atoms with van der Waals surface area (Å²) >= 11 is 1.62. The average Bonchev–Trinajstić information content (AvgIpc) is 2.79. The molecule has 0 atom stereocenters. The Balaban J connectivity index is 1.96. The summed E-state index contributed by atoms with van der Waals surface area (Å²) in [6, 6.07) is 1.99. The van der Waals surface area contributed by atoms with Gasteiger partial charge < -0.3 is 4.57 Å². The zero-order valence-corrected chi connectivity index (χ0v) is 9.33. The van der Waals surface area contributed by atoms with Gasteiger partial charge in [-0.05, 0) is 22.4 Å². The van der Waals surface area contributed by atoms with E-state index in [1.165, 1.54) is 0 Å². The molecule has 2 aromatic rings. The van der Waals surface area contributed by atoms with E-state index in [0.717, 1.165) is 11.4 Å². The molecule has 0 saturated heterocycles. The van der Waals surface area contributed by atoms with Crippen LogP contribution in [-0.4, -0.2) is 15.3 Å². The topological polar surface area (TPSA) is 34.9 Å². The number of Topliss-reactive ketones (excluding diaryl/α,β-unsaturated/α-hetero) is 1. The van der Waals surface area contributed by atoms with Crippen molar-refractivity contribution in [3.63, 3.8) is 0 Å². The van der Waals surface area contributed by atoms with Gasteiger partial charge in [-0.15, -0.1) is 0 Å². The molecule has 0 radical (unpaired) electrons. The van der Waals surface area contributed by atoms with Gasteiger partial charge in [0, 0.05) is 25.9 Å². The molecular weight excluding hydrogens is 208 g/mol. The highest BCUT2D eigenvalue weighted by Crippen LogP contribution is 2.08. The van der Waals surface area contributed by atoms with Gasteiger partial charge >= 0.3 is 0 Å². The number of rotatable bonds is 4. The SMILES string of the molecule is Cn1ccnc1CC(=O)Cc1ccsc1. The molecule has 0 fully saturated rings. The lowest BCUT2D eigenvalue weighted by molar-refractivity contribution is -0.117. The Labute approximate surface area is 92.4 Å². The first-order valence-electron chi connectivity index (χ1n) is 4.74. The molecule has 0 bridgehead atoms. The molecule has 0 spiro atoms. The average molecular weight is 220 g/mol. The molecule has 2 heterocycles. The van der Waals surface area contributed by atoms with Crippen LogP contribution < -0.4 is 0 Å². The van der Waals surface area contributed by atoms with Crippen molar-refractivity contribution < 1.29 is 4.79 Å². The lowest BCUT2D eigenvalue weighted by Gasteiger charge is -2.00. The number of aromatic nitrogens is 2. The number of carbonyl (C=O) groups excluding carboxylic acids is 1. The van der Waals surface area contributed by atoms with E-state index in [1.54, 1.807) is 17.5 Å². The molecule has 0 aliphatic heterocycles. The number of ketones is 1. The standard InChI is InChI=1S/C11H12N2OS/c1-13-4-3-12-11(13)7-10(14)6-9-2-5-15-8-9/h2-5,8H,6-7H2,1H3. The highest BCUT2D eigenvalue weighted by Gasteiger charge is 2.08. The van der Waals surface area contributed by atoms with Crippen LogP contribution in [0.25, 0.3) is 0 Å². The van der Waals surface area contributed by atoms with Crippen molar-refractivity contribution in [3.8, 4) is 0 Å². The molecule has 78 valence electrons. The minimum absolute atomic E-state index is 0.211. The van der Waals surface area contributed by atoms with Gasteiger partial charge in [-0.25, -0.2) is 4.98 Å². The van der Waals surface area contributed by atoms with Crippen molar-refractivity contribution in [3.05, 3.63) is 40.6 Å². The van der Waals surface area contributed by atoms with E-state index in [4.69, 9.17) is 0 Å². The summed E-state index contributed by atoms with van der Waals surface area (Å²) in [5.74, 6) is 1.04. The molecule has 0 aliphatic carbocycles. The second-order valence-electron chi connectivity index (χ2n) is 3.48. The molecule has 3 nitrogen and oxygen atoms in total. The van der Waals surface area contributed by atoms with Gasteiger partial charge in [0.25, 0.3) is 0 Å². The van der Waals surface area contributed by atoms with Crippen LogP contribution in [0.15, 0.2) is 29.2 Å². The third-order valence-corrected chi connectivity index (χ3v) is 2.99. The van der Waals surface area contributed by atoms with Crippen LogP contribution in [0.4, 0.5) is 0 Å². The number of thiophene rings is 1. The van der Waals surface area contributed by atoms with Gasteiger partial charge in [-0.1, -0.05) is 0 Å². The van der Waals surface area contributed by atoms with Gasteiger partial charge in [0.2, 0.25) is 0 Å². The third kappa shape index (κ3) is 2.53. The summed E-state index contributed by atoms with van der Waals surface area (Å²) in [7, 11) is 1.90. The monoisotopic (exact) mass is 220 g/mol. The Hall–Kier alpha value is -1.42. The maximum atomic E-state index is 11.7. The Bertz CT molecular complexity index is 445. The van der Waals surface area contributed by atoms with E-state index in [1.807, 2.05) is 34.6 Å². The molecule has 0 aromatic carbocycles. The van der Waals surface area contributed by atoms with Gasteiger partial charge in [0.1, 0.15) is 11.6 Å². The fourth-order valence-electron chi connectivity index (χ4n) is 1.43. The number of carbonyl (C=O) groups is 1. The number of imidazole rings is 1. The van der Waals surface area contributed by atoms with Gasteiger partial charge in [0.15, 0.2) is 0 Å². The maximum absolute atomic E-state index is 11.7. The first-order valence-corrected chi connectivity index (χ1v) is 5.69. The summed E-state index contributed by atoms with van der Waals surface area (Å²) in [5, 5.41) is 4.00. The fourth-order valence-corrected chi connectivity index (χ4v) is 2.10. The van der Waals surface area contributed by atoms with Crippen LogP contribution in [0.2, 0.25) is 0 Å². The van der Waals surface area contributed by atoms with E-state index in [0.29, 0.717) is 12.8 Å². The van der Waals surface area contributed by atoms with Gasteiger partial charge in [-0.2, -0.15) is 11.3 Å². The quantitative estimate of drug-likeness (QED) is 0.788. The molecule has 0 aliphatic rings. The van der Waals surface area contributed by atoms with E-state index < -0.39 is 0 Å². The number of aryl methyl sites for hydroxylation is 1. The van der Waals surface area contributed by atoms with E-state index in [-0.39, 0.29) is 5.78 Å². The van der Waals surface area contributed by atoms with Crippen LogP contribution in [0.1, 0.15) is 11.4 Å². The highest BCUT2D eigenvalue weighted by atomic mass is 32.1. The van der Waals surface area contributed by atoms with Crippen molar-refractivity contribution in [2.75, 3.05) is 0 Å². The number of hydrogen-bond donors (Lipinski definition) is 0. The smallest absolute Gasteiger partial charge is 0.144 e. The normalized spacial score (nSPS) is 10.5. The Morgan fingerprint density at radius 3 is 3.00 bits per heavy atom. The molecule has 4 heteroatoms. The second-order valence-corrected chi connectivity index (χ2v) is 4.26. The van der Waals surface area contributed by atoms with Crippen LogP contribution >= 0.6 is 11.3 Å². The van der Waals surface area contributed by atoms with Crippen molar-refractivity contribution in [2.24, 2.45) is 7.05 Å². The first kappa shape index (κ1) is 10.1. The number of hydrogen-bond acceptors (Lipinski definition) is 3. The van der Waals surface area contributed by atoms with Crippen LogP contribution in [0, 0.1) is 0 Å². The fraction of sp³-hybridized carbons (Fsp3) is 0.273. The molecule has 2 rings (SSSR count). The molecule has 0 saturated carbocycles. The third-order valence-electron chi connectivity index (χ3n) is 2.26. The molecular formula is C11H12N2OS. The predicted molar refractivity (Wildman–Crippen MR) is 59.9 cm³/mol. The van der Waals surface area contributed by atoms with Crippen molar-refractivity contribution >= 4 is 17.1 Å². The van der Waals surface area contributed by atoms with Crippen molar-refractivity contribution in [2.45, 2.75) is 12.8 Å². The lowest BCUT2D eigenvalue weighted by atomic mass is 10.1. The Morgan fingerprint density at radius 2 is 2.40 bits per heavy atom. The Kier molecular flexibility index (Phi) is 2.97. The largest absolute Gasteiger partial charge is 0.338 e. The minimum Gasteiger partial charge on any atom is -0.338 e. The molecule has 2 aromatic heterocycles. The molecule has 0 amide bonds. The predicted octanol–water partition coefficient (Wildman–Crippen LogP) is 1.84. The van der Waals surface area contributed by atoms with E-state index in [2.05, 4.69) is 4.98 Å². The van der Waals surface area contributed by atoms with Gasteiger partial charge in [-0.3, -0.25) is 4.79 Å². The van der Waals surface area contributed by atoms with Gasteiger partial charge in [0.05, 0.1) is 6.42 Å². The number of nitrogens with zero attached hydrogens (tertiary/aromatic N) is 2. The zero-order valence-electron chi connectivity index (χ0n) is 8.51. The van der Waals surface area contributed by atoms with E-state index in [9.17, 15) is 4.79 Å². The maximum Gasteiger partial charge on any atom is 0.144 e. The Morgan fingerprint density at radius 1 is 1.53 bits per heavy atom. The molecule has 0 N–H and O–H groups in total. The minimum atomic E-state index is 0.211. The van der Waals surface area contributed by atoms with Crippen LogP contribution in [0.5, 0.6) is 0 Å². The summed E-state index contributed by atoms with van der Waals surface area (Å²) in [5.41, 5.74) is 1.10. The van der Waals surface area contributed by atoms with Crippen LogP contribution in [0.3, 0.4) is 0 Å². The molecule has 0 unspecified atom stereocenters. The molecule has 15 heavy (non-hydrogen) atoms. The summed E-state index contributed by atoms with van der Waals surface area (Å²) in [4.78, 5) is 15.8. The van der Waals surface area contributed by atoms with Crippen molar-refractivity contribution in [1.29, 1.82) is 0 Å². The van der Waals surface area contributed by atoms with E-state index >= 15 is 0 Å². The highest BCUT2D eigenvalue weighted by molar-refractivity contribution is 7.07. The second kappa shape index (κ2) is 4.40. The lowest BCUT2D eigenvalue weighted by Crippen LogP contribution is -2.09. The first-order chi connectivity index (χ1) is 7.25. The zero-order chi connectivity index (χ0) is 10.7. The van der Waals surface area contributed by atoms with Crippen molar-refractivity contribution in [1.82, 2.24) is 9.55 Å².